The highest BCUT2D eigenvalue weighted by molar-refractivity contribution is 5.93. The first-order chi connectivity index (χ1) is 15.5. The molecule has 1 aliphatic heterocycles. The maximum Gasteiger partial charge on any atom is 0.272 e. The van der Waals surface area contributed by atoms with Crippen molar-refractivity contribution in [3.63, 3.8) is 0 Å². The van der Waals surface area contributed by atoms with E-state index >= 15 is 0 Å². The second-order valence-corrected chi connectivity index (χ2v) is 7.77. The number of nitrogens with one attached hydrogen (secondary N) is 1. The molecule has 8 heteroatoms. The zero-order valence-electron chi connectivity index (χ0n) is 18.1. The van der Waals surface area contributed by atoms with Crippen LogP contribution in [0.1, 0.15) is 22.6 Å². The van der Waals surface area contributed by atoms with Gasteiger partial charge in [0, 0.05) is 37.6 Å². The van der Waals surface area contributed by atoms with Crippen LogP contribution in [0.25, 0.3) is 5.69 Å². The van der Waals surface area contributed by atoms with E-state index in [1.165, 1.54) is 0 Å². The van der Waals surface area contributed by atoms with E-state index in [9.17, 15) is 9.59 Å². The van der Waals surface area contributed by atoms with Gasteiger partial charge < -0.3 is 20.2 Å². The van der Waals surface area contributed by atoms with E-state index in [-0.39, 0.29) is 24.8 Å². The van der Waals surface area contributed by atoms with Gasteiger partial charge in [-0.1, -0.05) is 24.3 Å². The average Bonchev–Trinajstić information content (AvgIpc) is 3.21. The number of aliphatic hydroxyl groups is 1. The lowest BCUT2D eigenvalue weighted by molar-refractivity contribution is -0.116. The molecule has 2 aromatic carbocycles. The molecule has 0 atom stereocenters. The normalized spacial score (nSPS) is 13.8. The van der Waals surface area contributed by atoms with Crippen molar-refractivity contribution in [3.8, 4) is 5.69 Å². The lowest BCUT2D eigenvalue weighted by Crippen LogP contribution is -2.49. The third-order valence-corrected chi connectivity index (χ3v) is 5.45. The highest BCUT2D eigenvalue weighted by Gasteiger charge is 2.25. The molecule has 2 N–H and O–H groups in total. The molecule has 32 heavy (non-hydrogen) atoms. The van der Waals surface area contributed by atoms with Crippen LogP contribution in [0.3, 0.4) is 0 Å². The van der Waals surface area contributed by atoms with Gasteiger partial charge in [-0.2, -0.15) is 5.10 Å². The van der Waals surface area contributed by atoms with Gasteiger partial charge >= 0.3 is 0 Å². The summed E-state index contributed by atoms with van der Waals surface area (Å²) in [6.07, 6.45) is 0.0735. The lowest BCUT2D eigenvalue weighted by atomic mass is 10.2. The predicted octanol–water partition coefficient (Wildman–Crippen LogP) is 2.46. The molecule has 1 saturated heterocycles. The Labute approximate surface area is 187 Å². The number of benzene rings is 2. The van der Waals surface area contributed by atoms with Gasteiger partial charge in [0.2, 0.25) is 5.91 Å². The molecule has 3 aromatic rings. The fourth-order valence-corrected chi connectivity index (χ4v) is 3.85. The van der Waals surface area contributed by atoms with Crippen LogP contribution in [-0.2, 0) is 4.79 Å². The van der Waals surface area contributed by atoms with Gasteiger partial charge in [0.25, 0.3) is 5.91 Å². The molecule has 1 aliphatic rings. The summed E-state index contributed by atoms with van der Waals surface area (Å²) in [5.74, 6) is -0.246. The van der Waals surface area contributed by atoms with Crippen LogP contribution in [0.4, 0.5) is 11.4 Å². The van der Waals surface area contributed by atoms with Crippen LogP contribution in [0.15, 0.2) is 60.7 Å². The third kappa shape index (κ3) is 4.81. The monoisotopic (exact) mass is 433 g/mol. The van der Waals surface area contributed by atoms with Crippen LogP contribution in [0.2, 0.25) is 0 Å². The minimum atomic E-state index is -0.217. The third-order valence-electron chi connectivity index (χ3n) is 5.45. The van der Waals surface area contributed by atoms with Crippen LogP contribution in [-0.4, -0.2) is 64.4 Å². The van der Waals surface area contributed by atoms with Gasteiger partial charge in [0.15, 0.2) is 0 Å². The molecular weight excluding hydrogens is 406 g/mol. The van der Waals surface area contributed by atoms with Crippen molar-refractivity contribution in [2.45, 2.75) is 13.3 Å². The fraction of sp³-hybridized carbons (Fsp3) is 0.292. The second kappa shape index (κ2) is 9.65. The van der Waals surface area contributed by atoms with Gasteiger partial charge in [0.1, 0.15) is 5.69 Å². The van der Waals surface area contributed by atoms with Crippen molar-refractivity contribution in [2.24, 2.45) is 0 Å². The Hall–Kier alpha value is -3.65. The molecule has 1 fully saturated rings. The molecule has 8 nitrogen and oxygen atoms in total. The summed E-state index contributed by atoms with van der Waals surface area (Å²) in [5, 5.41) is 16.2. The summed E-state index contributed by atoms with van der Waals surface area (Å²) in [4.78, 5) is 29.1. The number of anilines is 2. The number of hydrogen-bond donors (Lipinski definition) is 2. The van der Waals surface area contributed by atoms with Crippen LogP contribution in [0, 0.1) is 6.92 Å². The predicted molar refractivity (Wildman–Crippen MR) is 123 cm³/mol. The Morgan fingerprint density at radius 2 is 1.69 bits per heavy atom. The van der Waals surface area contributed by atoms with Crippen LogP contribution in [0.5, 0.6) is 0 Å². The summed E-state index contributed by atoms with van der Waals surface area (Å²) in [6, 6.07) is 19.1. The first-order valence-electron chi connectivity index (χ1n) is 10.7. The number of aromatic nitrogens is 2. The van der Waals surface area contributed by atoms with Gasteiger partial charge in [-0.3, -0.25) is 9.59 Å². The molecular formula is C24H27N5O3. The highest BCUT2D eigenvalue weighted by atomic mass is 16.3. The fourth-order valence-electron chi connectivity index (χ4n) is 3.85. The molecule has 0 radical (unpaired) electrons. The van der Waals surface area contributed by atoms with E-state index in [4.69, 9.17) is 5.11 Å². The molecule has 2 heterocycles. The summed E-state index contributed by atoms with van der Waals surface area (Å²) in [5.41, 5.74) is 3.92. The van der Waals surface area contributed by atoms with Crippen molar-refractivity contribution in [1.29, 1.82) is 0 Å². The molecule has 0 unspecified atom stereocenters. The van der Waals surface area contributed by atoms with Gasteiger partial charge in [-0.05, 0) is 43.3 Å². The van der Waals surface area contributed by atoms with Gasteiger partial charge in [-0.25, -0.2) is 4.68 Å². The summed E-state index contributed by atoms with van der Waals surface area (Å²) in [6.45, 7) is 4.29. The van der Waals surface area contributed by atoms with E-state index in [0.29, 0.717) is 37.6 Å². The molecule has 0 spiro atoms. The van der Waals surface area contributed by atoms with Crippen LogP contribution < -0.4 is 10.2 Å². The van der Waals surface area contributed by atoms with Crippen LogP contribution >= 0.6 is 0 Å². The molecule has 4 rings (SSSR count). The first kappa shape index (κ1) is 21.6. The Morgan fingerprint density at radius 1 is 0.969 bits per heavy atom. The minimum absolute atomic E-state index is 0.0286. The van der Waals surface area contributed by atoms with Gasteiger partial charge in [0.05, 0.1) is 24.4 Å². The summed E-state index contributed by atoms with van der Waals surface area (Å²) >= 11 is 0. The Kier molecular flexibility index (Phi) is 6.51. The quantitative estimate of drug-likeness (QED) is 0.623. The number of para-hydroxylation sites is 1. The van der Waals surface area contributed by atoms with E-state index in [1.807, 2.05) is 72.5 Å². The Bertz CT molecular complexity index is 1090. The number of piperazine rings is 1. The zero-order chi connectivity index (χ0) is 22.5. The number of hydrogen-bond acceptors (Lipinski definition) is 5. The topological polar surface area (TPSA) is 90.7 Å². The number of carbonyl (C=O) groups is 2. The summed E-state index contributed by atoms with van der Waals surface area (Å²) < 4.78 is 1.71. The van der Waals surface area contributed by atoms with E-state index in [2.05, 4.69) is 15.3 Å². The average molecular weight is 434 g/mol. The SMILES string of the molecule is Cc1cc(C(=O)N2CCN(c3cccc(NC(=O)CCO)c3)CC2)n(-c2ccccc2)n1. The van der Waals surface area contributed by atoms with Crippen molar-refractivity contribution in [3.05, 3.63) is 72.1 Å². The molecule has 166 valence electrons. The minimum Gasteiger partial charge on any atom is -0.396 e. The highest BCUT2D eigenvalue weighted by Crippen LogP contribution is 2.22. The molecule has 0 saturated carbocycles. The molecule has 2 amide bonds. The number of aliphatic hydroxyl groups excluding tert-OH is 1. The van der Waals surface area contributed by atoms with Gasteiger partial charge in [-0.15, -0.1) is 0 Å². The van der Waals surface area contributed by atoms with Crippen molar-refractivity contribution in [2.75, 3.05) is 43.0 Å². The Morgan fingerprint density at radius 3 is 2.41 bits per heavy atom. The van der Waals surface area contributed by atoms with Crippen molar-refractivity contribution < 1.29 is 14.7 Å². The molecule has 0 aliphatic carbocycles. The second-order valence-electron chi connectivity index (χ2n) is 7.77. The maximum absolute atomic E-state index is 13.3. The van der Waals surface area contributed by atoms with E-state index < -0.39 is 0 Å². The van der Waals surface area contributed by atoms with Crippen molar-refractivity contribution >= 4 is 23.2 Å². The van der Waals surface area contributed by atoms with Crippen molar-refractivity contribution in [1.82, 2.24) is 14.7 Å². The largest absolute Gasteiger partial charge is 0.396 e. The number of nitrogens with zero attached hydrogens (tertiary/aromatic N) is 4. The smallest absolute Gasteiger partial charge is 0.272 e. The Balaban J connectivity index is 1.43. The number of carbonyl (C=O) groups excluding carboxylic acids is 2. The zero-order valence-corrected chi connectivity index (χ0v) is 18.1. The van der Waals surface area contributed by atoms with E-state index in [1.54, 1.807) is 4.68 Å². The first-order valence-corrected chi connectivity index (χ1v) is 10.7. The number of amides is 2. The maximum atomic E-state index is 13.3. The number of rotatable bonds is 6. The lowest BCUT2D eigenvalue weighted by Gasteiger charge is -2.36. The standard InChI is InChI=1S/C24H27N5O3/c1-18-16-22(29(26-18)20-7-3-2-4-8-20)24(32)28-13-11-27(12-14-28)21-9-5-6-19(17-21)25-23(31)10-15-30/h2-9,16-17,30H,10-15H2,1H3,(H,25,31). The number of aryl methyl sites for hydroxylation is 1. The summed E-state index contributed by atoms with van der Waals surface area (Å²) in [7, 11) is 0. The molecule has 0 bridgehead atoms. The van der Waals surface area contributed by atoms with E-state index in [0.717, 1.165) is 17.1 Å². The molecule has 1 aromatic heterocycles.